The molecule has 68 valence electrons. The van der Waals surface area contributed by atoms with Gasteiger partial charge in [-0.1, -0.05) is 11.6 Å². The van der Waals surface area contributed by atoms with Gasteiger partial charge < -0.3 is 5.11 Å². The number of hydrogen-bond donors (Lipinski definition) is 1. The van der Waals surface area contributed by atoms with Crippen molar-refractivity contribution in [2.24, 2.45) is 0 Å². The van der Waals surface area contributed by atoms with E-state index in [1.165, 1.54) is 12.1 Å². The summed E-state index contributed by atoms with van der Waals surface area (Å²) in [4.78, 5) is 24.4. The first-order chi connectivity index (χ1) is 6.11. The summed E-state index contributed by atoms with van der Waals surface area (Å²) in [5.74, 6) is -1.01. The summed E-state index contributed by atoms with van der Waals surface area (Å²) in [5, 5.41) is 8.76. The van der Waals surface area contributed by atoms with Crippen LogP contribution >= 0.6 is 11.6 Å². The van der Waals surface area contributed by atoms with Crippen LogP contribution < -0.4 is 0 Å². The van der Waals surface area contributed by atoms with Crippen molar-refractivity contribution in [3.8, 4) is 0 Å². The molecule has 4 nitrogen and oxygen atoms in total. The average Bonchev–Trinajstić information content (AvgIpc) is 2.01. The van der Waals surface area contributed by atoms with E-state index in [0.29, 0.717) is 11.3 Å². The number of carbonyl (C=O) groups is 2. The molecule has 1 N–H and O–H groups in total. The van der Waals surface area contributed by atoms with E-state index in [9.17, 15) is 9.59 Å². The Bertz CT molecular complexity index is 351. The number of carbonyl (C=O) groups excluding carboxylic acids is 1. The zero-order valence-electron chi connectivity index (χ0n) is 6.53. The van der Waals surface area contributed by atoms with Crippen molar-refractivity contribution in [3.05, 3.63) is 28.5 Å². The van der Waals surface area contributed by atoms with Crippen molar-refractivity contribution in [1.29, 1.82) is 0 Å². The van der Waals surface area contributed by atoms with Crippen molar-refractivity contribution in [1.82, 2.24) is 4.98 Å². The van der Waals surface area contributed by atoms with Crippen LogP contribution in [0.4, 0.5) is 0 Å². The second kappa shape index (κ2) is 4.00. The van der Waals surface area contributed by atoms with Crippen molar-refractivity contribution in [2.75, 3.05) is 0 Å². The lowest BCUT2D eigenvalue weighted by atomic mass is 10.2. The molecule has 1 aromatic heterocycles. The molecule has 0 aliphatic carbocycles. The molecule has 0 radical (unpaired) electrons. The van der Waals surface area contributed by atoms with Gasteiger partial charge in [-0.2, -0.15) is 0 Å². The van der Waals surface area contributed by atoms with Crippen LogP contribution in [0, 0.1) is 0 Å². The Morgan fingerprint density at radius 3 is 2.85 bits per heavy atom. The number of aliphatic carboxylic acids is 1. The predicted octanol–water partition coefficient (Wildman–Crippen LogP) is 1.17. The Morgan fingerprint density at radius 1 is 1.62 bits per heavy atom. The highest BCUT2D eigenvalue weighted by atomic mass is 35.5. The fraction of sp³-hybridized carbons (Fsp3) is 0.125. The first-order valence-electron chi connectivity index (χ1n) is 3.45. The van der Waals surface area contributed by atoms with Crippen molar-refractivity contribution >= 4 is 23.9 Å². The Kier molecular flexibility index (Phi) is 2.97. The fourth-order valence-corrected chi connectivity index (χ4v) is 1.12. The number of halogens is 1. The second-order valence-corrected chi connectivity index (χ2v) is 2.83. The quantitative estimate of drug-likeness (QED) is 0.743. The lowest BCUT2D eigenvalue weighted by molar-refractivity contribution is -0.136. The largest absolute Gasteiger partial charge is 0.481 e. The van der Waals surface area contributed by atoms with Crippen LogP contribution in [-0.2, 0) is 11.2 Å². The maximum atomic E-state index is 10.3. The molecule has 5 heteroatoms. The lowest BCUT2D eigenvalue weighted by Gasteiger charge is -1.98. The minimum Gasteiger partial charge on any atom is -0.481 e. The van der Waals surface area contributed by atoms with Crippen LogP contribution in [0.15, 0.2) is 12.1 Å². The molecule has 0 aromatic carbocycles. The summed E-state index contributed by atoms with van der Waals surface area (Å²) in [7, 11) is 0. The van der Waals surface area contributed by atoms with Crippen LogP contribution in [0.3, 0.4) is 0 Å². The third kappa shape index (κ3) is 2.83. The van der Waals surface area contributed by atoms with Gasteiger partial charge >= 0.3 is 5.97 Å². The third-order valence-corrected chi connectivity index (χ3v) is 1.53. The number of carboxylic acids is 1. The van der Waals surface area contributed by atoms with E-state index >= 15 is 0 Å². The molecule has 0 bridgehead atoms. The number of carboxylic acid groups (broad SMARTS) is 1. The third-order valence-electron chi connectivity index (χ3n) is 1.32. The zero-order valence-corrected chi connectivity index (χ0v) is 7.28. The monoisotopic (exact) mass is 199 g/mol. The number of nitrogens with zero attached hydrogens (tertiary/aromatic N) is 1. The number of pyridine rings is 1. The Balaban J connectivity index is 3.01. The predicted molar refractivity (Wildman–Crippen MR) is 46.0 cm³/mol. The molecule has 1 aromatic rings. The summed E-state index contributed by atoms with van der Waals surface area (Å²) in [6.07, 6.45) is 0.290. The van der Waals surface area contributed by atoms with Gasteiger partial charge in [0.1, 0.15) is 5.69 Å². The van der Waals surface area contributed by atoms with E-state index in [1.807, 2.05) is 0 Å². The molecule has 1 heterocycles. The average molecular weight is 200 g/mol. The molecular weight excluding hydrogens is 194 g/mol. The van der Waals surface area contributed by atoms with Crippen molar-refractivity contribution in [2.45, 2.75) is 6.42 Å². The first kappa shape index (κ1) is 9.67. The standard InChI is InChI=1S/C8H6ClNO3/c9-5-1-6(3-8(12)13)10-7(2-5)4-11/h1-2,4H,3H2,(H,12,13). The summed E-state index contributed by atoms with van der Waals surface area (Å²) >= 11 is 5.62. The second-order valence-electron chi connectivity index (χ2n) is 2.39. The van der Waals surface area contributed by atoms with Crippen LogP contribution in [-0.4, -0.2) is 22.3 Å². The fourth-order valence-electron chi connectivity index (χ4n) is 0.878. The van der Waals surface area contributed by atoms with Gasteiger partial charge in [0.05, 0.1) is 12.1 Å². The minimum atomic E-state index is -1.01. The Labute approximate surface area is 79.2 Å². The van der Waals surface area contributed by atoms with Crippen LogP contribution in [0.25, 0.3) is 0 Å². The SMILES string of the molecule is O=Cc1cc(Cl)cc(CC(=O)O)n1. The van der Waals surface area contributed by atoms with Gasteiger partial charge in [-0.05, 0) is 12.1 Å². The Hall–Kier alpha value is -1.42. The maximum absolute atomic E-state index is 10.3. The molecule has 0 saturated heterocycles. The highest BCUT2D eigenvalue weighted by Crippen LogP contribution is 2.11. The zero-order chi connectivity index (χ0) is 9.84. The lowest BCUT2D eigenvalue weighted by Crippen LogP contribution is -2.03. The van der Waals surface area contributed by atoms with Gasteiger partial charge in [0.25, 0.3) is 0 Å². The van der Waals surface area contributed by atoms with Crippen LogP contribution in [0.2, 0.25) is 5.02 Å². The summed E-state index contributed by atoms with van der Waals surface area (Å²) < 4.78 is 0. The number of aromatic nitrogens is 1. The molecule has 0 spiro atoms. The minimum absolute atomic E-state index is 0.142. The van der Waals surface area contributed by atoms with E-state index in [4.69, 9.17) is 16.7 Å². The van der Waals surface area contributed by atoms with E-state index in [2.05, 4.69) is 4.98 Å². The normalized spacial score (nSPS) is 9.62. The number of aldehydes is 1. The van der Waals surface area contributed by atoms with Gasteiger partial charge in [0.15, 0.2) is 6.29 Å². The molecule has 0 fully saturated rings. The molecule has 1 rings (SSSR count). The topological polar surface area (TPSA) is 67.3 Å². The van der Waals surface area contributed by atoms with Crippen molar-refractivity contribution in [3.63, 3.8) is 0 Å². The first-order valence-corrected chi connectivity index (χ1v) is 3.83. The molecule has 0 amide bonds. The van der Waals surface area contributed by atoms with Gasteiger partial charge in [-0.25, -0.2) is 4.98 Å². The van der Waals surface area contributed by atoms with Crippen molar-refractivity contribution < 1.29 is 14.7 Å². The maximum Gasteiger partial charge on any atom is 0.309 e. The Morgan fingerprint density at radius 2 is 2.31 bits per heavy atom. The van der Waals surface area contributed by atoms with Crippen LogP contribution in [0.5, 0.6) is 0 Å². The van der Waals surface area contributed by atoms with E-state index in [1.54, 1.807) is 0 Å². The molecule has 0 aliphatic rings. The highest BCUT2D eigenvalue weighted by molar-refractivity contribution is 6.30. The van der Waals surface area contributed by atoms with Gasteiger partial charge in [-0.15, -0.1) is 0 Å². The summed E-state index contributed by atoms with van der Waals surface area (Å²) in [5.41, 5.74) is 0.422. The van der Waals surface area contributed by atoms with Gasteiger partial charge in [-0.3, -0.25) is 9.59 Å². The molecule has 0 atom stereocenters. The molecule has 0 saturated carbocycles. The number of hydrogen-bond acceptors (Lipinski definition) is 3. The molecule has 0 unspecified atom stereocenters. The van der Waals surface area contributed by atoms with E-state index < -0.39 is 5.97 Å². The molecule has 13 heavy (non-hydrogen) atoms. The van der Waals surface area contributed by atoms with E-state index in [0.717, 1.165) is 0 Å². The van der Waals surface area contributed by atoms with E-state index in [-0.39, 0.29) is 17.8 Å². The van der Waals surface area contributed by atoms with Crippen LogP contribution in [0.1, 0.15) is 16.2 Å². The molecule has 0 aliphatic heterocycles. The summed E-state index contributed by atoms with van der Waals surface area (Å²) in [6.45, 7) is 0. The van der Waals surface area contributed by atoms with Gasteiger partial charge in [0.2, 0.25) is 0 Å². The smallest absolute Gasteiger partial charge is 0.309 e. The van der Waals surface area contributed by atoms with Gasteiger partial charge in [0, 0.05) is 5.02 Å². The highest BCUT2D eigenvalue weighted by Gasteiger charge is 2.04. The summed E-state index contributed by atoms with van der Waals surface area (Å²) in [6, 6.07) is 2.79. The number of rotatable bonds is 3. The molecular formula is C8H6ClNO3.